The molecule has 0 saturated carbocycles. The SMILES string of the molecule is ClCc1nnc(/C=C/c2ccc(Br)cc2)o1. The first kappa shape index (κ1) is 11.4. The summed E-state index contributed by atoms with van der Waals surface area (Å²) in [5, 5.41) is 7.58. The Labute approximate surface area is 106 Å². The second-order valence-corrected chi connectivity index (χ2v) is 4.24. The third-order valence-corrected chi connectivity index (χ3v) is 2.64. The van der Waals surface area contributed by atoms with Crippen LogP contribution in [0, 0.1) is 0 Å². The van der Waals surface area contributed by atoms with Gasteiger partial charge >= 0.3 is 0 Å². The molecular formula is C11H8BrClN2O. The zero-order valence-electron chi connectivity index (χ0n) is 8.23. The van der Waals surface area contributed by atoms with E-state index in [0.717, 1.165) is 10.0 Å². The van der Waals surface area contributed by atoms with E-state index in [0.29, 0.717) is 11.8 Å². The van der Waals surface area contributed by atoms with Gasteiger partial charge in [0.2, 0.25) is 11.8 Å². The number of rotatable bonds is 3. The molecule has 0 fully saturated rings. The van der Waals surface area contributed by atoms with Crippen LogP contribution in [0.3, 0.4) is 0 Å². The first-order valence-corrected chi connectivity index (χ1v) is 5.92. The topological polar surface area (TPSA) is 38.9 Å². The van der Waals surface area contributed by atoms with Crippen molar-refractivity contribution in [3.05, 3.63) is 46.1 Å². The lowest BCUT2D eigenvalue weighted by Crippen LogP contribution is -1.74. The largest absolute Gasteiger partial charge is 0.420 e. The summed E-state index contributed by atoms with van der Waals surface area (Å²) in [5.74, 6) is 1.12. The van der Waals surface area contributed by atoms with Gasteiger partial charge in [-0.2, -0.15) is 0 Å². The Kier molecular flexibility index (Phi) is 3.74. The third kappa shape index (κ3) is 2.93. The zero-order chi connectivity index (χ0) is 11.4. The fraction of sp³-hybridized carbons (Fsp3) is 0.0909. The molecule has 2 aromatic rings. The fourth-order valence-corrected chi connectivity index (χ4v) is 1.50. The van der Waals surface area contributed by atoms with Gasteiger partial charge in [-0.15, -0.1) is 21.8 Å². The Balaban J connectivity index is 2.11. The van der Waals surface area contributed by atoms with Crippen LogP contribution in [0.1, 0.15) is 17.3 Å². The van der Waals surface area contributed by atoms with Crippen LogP contribution in [-0.2, 0) is 5.88 Å². The van der Waals surface area contributed by atoms with Gasteiger partial charge in [-0.1, -0.05) is 28.1 Å². The van der Waals surface area contributed by atoms with E-state index < -0.39 is 0 Å². The van der Waals surface area contributed by atoms with Crippen LogP contribution in [0.4, 0.5) is 0 Å². The molecule has 1 aromatic heterocycles. The first-order valence-electron chi connectivity index (χ1n) is 4.60. The normalized spacial score (nSPS) is 11.1. The van der Waals surface area contributed by atoms with Crippen LogP contribution in [-0.4, -0.2) is 10.2 Å². The highest BCUT2D eigenvalue weighted by molar-refractivity contribution is 9.10. The molecule has 0 radical (unpaired) electrons. The molecule has 0 N–H and O–H groups in total. The van der Waals surface area contributed by atoms with Gasteiger partial charge in [0.15, 0.2) is 0 Å². The van der Waals surface area contributed by atoms with Crippen molar-refractivity contribution >= 4 is 39.7 Å². The van der Waals surface area contributed by atoms with E-state index in [9.17, 15) is 0 Å². The van der Waals surface area contributed by atoms with E-state index in [1.54, 1.807) is 6.08 Å². The fourth-order valence-electron chi connectivity index (χ4n) is 1.13. The van der Waals surface area contributed by atoms with Crippen molar-refractivity contribution in [1.29, 1.82) is 0 Å². The van der Waals surface area contributed by atoms with Gasteiger partial charge in [-0.25, -0.2) is 0 Å². The minimum Gasteiger partial charge on any atom is -0.420 e. The maximum Gasteiger partial charge on any atom is 0.240 e. The van der Waals surface area contributed by atoms with Gasteiger partial charge in [0, 0.05) is 10.5 Å². The van der Waals surface area contributed by atoms with E-state index in [-0.39, 0.29) is 5.88 Å². The zero-order valence-corrected chi connectivity index (χ0v) is 10.6. The standard InChI is InChI=1S/C11H8BrClN2O/c12-9-4-1-8(2-5-9)3-6-10-14-15-11(7-13)16-10/h1-6H,7H2/b6-3+. The molecule has 0 spiro atoms. The minimum atomic E-state index is 0.235. The van der Waals surface area contributed by atoms with Gasteiger partial charge in [-0.3, -0.25) is 0 Å². The molecule has 16 heavy (non-hydrogen) atoms. The van der Waals surface area contributed by atoms with Gasteiger partial charge in [0.25, 0.3) is 0 Å². The summed E-state index contributed by atoms with van der Waals surface area (Å²) < 4.78 is 6.28. The lowest BCUT2D eigenvalue weighted by molar-refractivity contribution is 0.505. The van der Waals surface area contributed by atoms with Crippen LogP contribution in [0.5, 0.6) is 0 Å². The van der Waals surface area contributed by atoms with Crippen LogP contribution in [0.25, 0.3) is 12.2 Å². The van der Waals surface area contributed by atoms with E-state index >= 15 is 0 Å². The molecule has 1 aromatic carbocycles. The number of benzene rings is 1. The predicted molar refractivity (Wildman–Crippen MR) is 66.9 cm³/mol. The molecule has 82 valence electrons. The highest BCUT2D eigenvalue weighted by atomic mass is 79.9. The Bertz CT molecular complexity index is 493. The van der Waals surface area contributed by atoms with Crippen LogP contribution >= 0.6 is 27.5 Å². The van der Waals surface area contributed by atoms with E-state index in [1.165, 1.54) is 0 Å². The summed E-state index contributed by atoms with van der Waals surface area (Å²) in [6.07, 6.45) is 3.66. The molecule has 0 aliphatic rings. The molecule has 0 saturated heterocycles. The maximum absolute atomic E-state index is 5.55. The number of aromatic nitrogens is 2. The Morgan fingerprint density at radius 3 is 2.56 bits per heavy atom. The van der Waals surface area contributed by atoms with Crippen LogP contribution in [0.15, 0.2) is 33.2 Å². The summed E-state index contributed by atoms with van der Waals surface area (Å²) in [6.45, 7) is 0. The second kappa shape index (κ2) is 5.27. The van der Waals surface area contributed by atoms with Crippen molar-refractivity contribution in [2.24, 2.45) is 0 Å². The van der Waals surface area contributed by atoms with Crippen molar-refractivity contribution in [3.8, 4) is 0 Å². The highest BCUT2D eigenvalue weighted by Gasteiger charge is 2.00. The van der Waals surface area contributed by atoms with Gasteiger partial charge in [-0.05, 0) is 23.8 Å². The van der Waals surface area contributed by atoms with Gasteiger partial charge in [0.1, 0.15) is 5.88 Å². The number of hydrogen-bond donors (Lipinski definition) is 0. The molecular weight excluding hydrogens is 291 g/mol. The summed E-state index contributed by atoms with van der Waals surface area (Å²) in [5.41, 5.74) is 1.06. The lowest BCUT2D eigenvalue weighted by atomic mass is 10.2. The van der Waals surface area contributed by atoms with Crippen molar-refractivity contribution in [3.63, 3.8) is 0 Å². The van der Waals surface area contributed by atoms with E-state index in [4.69, 9.17) is 16.0 Å². The minimum absolute atomic E-state index is 0.235. The highest BCUT2D eigenvalue weighted by Crippen LogP contribution is 2.13. The predicted octanol–water partition coefficient (Wildman–Crippen LogP) is 3.74. The summed E-state index contributed by atoms with van der Waals surface area (Å²) in [6, 6.07) is 7.91. The van der Waals surface area contributed by atoms with Gasteiger partial charge < -0.3 is 4.42 Å². The average Bonchev–Trinajstić information content (AvgIpc) is 2.76. The van der Waals surface area contributed by atoms with Crippen LogP contribution < -0.4 is 0 Å². The Morgan fingerprint density at radius 1 is 1.19 bits per heavy atom. The molecule has 0 atom stereocenters. The summed E-state index contributed by atoms with van der Waals surface area (Å²) >= 11 is 8.92. The molecule has 0 bridgehead atoms. The maximum atomic E-state index is 5.55. The number of hydrogen-bond acceptors (Lipinski definition) is 3. The smallest absolute Gasteiger partial charge is 0.240 e. The Hall–Kier alpha value is -1.13. The molecule has 0 aliphatic carbocycles. The van der Waals surface area contributed by atoms with E-state index in [2.05, 4.69) is 26.1 Å². The summed E-state index contributed by atoms with van der Waals surface area (Å²) in [7, 11) is 0. The molecule has 0 aliphatic heterocycles. The molecule has 3 nitrogen and oxygen atoms in total. The van der Waals surface area contributed by atoms with E-state index in [1.807, 2.05) is 30.3 Å². The van der Waals surface area contributed by atoms with Crippen molar-refractivity contribution < 1.29 is 4.42 Å². The van der Waals surface area contributed by atoms with Crippen LogP contribution in [0.2, 0.25) is 0 Å². The molecule has 1 heterocycles. The molecule has 2 rings (SSSR count). The molecule has 0 unspecified atom stereocenters. The van der Waals surface area contributed by atoms with Crippen molar-refractivity contribution in [2.45, 2.75) is 5.88 Å². The summed E-state index contributed by atoms with van der Waals surface area (Å²) in [4.78, 5) is 0. The second-order valence-electron chi connectivity index (χ2n) is 3.05. The Morgan fingerprint density at radius 2 is 1.94 bits per heavy atom. The number of halogens is 2. The van der Waals surface area contributed by atoms with Crippen molar-refractivity contribution in [2.75, 3.05) is 0 Å². The first-order chi connectivity index (χ1) is 7.78. The lowest BCUT2D eigenvalue weighted by Gasteiger charge is -1.92. The number of alkyl halides is 1. The number of nitrogens with zero attached hydrogens (tertiary/aromatic N) is 2. The molecule has 0 amide bonds. The monoisotopic (exact) mass is 298 g/mol. The van der Waals surface area contributed by atoms with Crippen molar-refractivity contribution in [1.82, 2.24) is 10.2 Å². The average molecular weight is 300 g/mol. The van der Waals surface area contributed by atoms with Gasteiger partial charge in [0.05, 0.1) is 0 Å². The quantitative estimate of drug-likeness (QED) is 0.810. The molecule has 5 heteroatoms. The third-order valence-electron chi connectivity index (χ3n) is 1.89.